The fourth-order valence-corrected chi connectivity index (χ4v) is 2.48. The normalized spacial score (nSPS) is 22.9. The summed E-state index contributed by atoms with van der Waals surface area (Å²) in [5.74, 6) is 0.763. The highest BCUT2D eigenvalue weighted by atomic mass is 16.5. The number of nitrogens with zero attached hydrogens (tertiary/aromatic N) is 1. The molecule has 1 fully saturated rings. The molecule has 0 radical (unpaired) electrons. The van der Waals surface area contributed by atoms with Crippen molar-refractivity contribution >= 4 is 0 Å². The molecule has 106 valence electrons. The van der Waals surface area contributed by atoms with Crippen LogP contribution in [-0.2, 0) is 6.42 Å². The Morgan fingerprint density at radius 1 is 1.32 bits per heavy atom. The Morgan fingerprint density at radius 3 is 2.58 bits per heavy atom. The van der Waals surface area contributed by atoms with E-state index < -0.39 is 0 Å². The molecule has 1 aromatic rings. The monoisotopic (exact) mass is 262 g/mol. The molecule has 0 unspecified atom stereocenters. The van der Waals surface area contributed by atoms with Crippen LogP contribution < -0.4 is 10.1 Å². The highest BCUT2D eigenvalue weighted by Gasteiger charge is 2.33. The first kappa shape index (κ1) is 14.3. The van der Waals surface area contributed by atoms with E-state index in [2.05, 4.69) is 44.1 Å². The molecule has 0 bridgehead atoms. The summed E-state index contributed by atoms with van der Waals surface area (Å²) >= 11 is 0. The summed E-state index contributed by atoms with van der Waals surface area (Å²) in [6.45, 7) is 8.79. The molecule has 1 heterocycles. The van der Waals surface area contributed by atoms with E-state index in [9.17, 15) is 0 Å². The molecule has 1 saturated carbocycles. The first-order chi connectivity index (χ1) is 8.96. The maximum absolute atomic E-state index is 5.88. The summed E-state index contributed by atoms with van der Waals surface area (Å²) in [6.07, 6.45) is 6.66. The summed E-state index contributed by atoms with van der Waals surface area (Å²) in [4.78, 5) is 4.38. The molecule has 0 atom stereocenters. The minimum Gasteiger partial charge on any atom is -0.474 e. The zero-order valence-corrected chi connectivity index (χ0v) is 12.6. The number of hydrogen-bond donors (Lipinski definition) is 1. The molecule has 0 aromatic carbocycles. The van der Waals surface area contributed by atoms with Crippen molar-refractivity contribution < 1.29 is 4.74 Å². The van der Waals surface area contributed by atoms with Crippen LogP contribution in [0.2, 0.25) is 0 Å². The number of rotatable bonds is 5. The molecule has 19 heavy (non-hydrogen) atoms. The second-order valence-electron chi connectivity index (χ2n) is 6.56. The van der Waals surface area contributed by atoms with Gasteiger partial charge in [0.2, 0.25) is 5.88 Å². The van der Waals surface area contributed by atoms with Crippen molar-refractivity contribution in [3.63, 3.8) is 0 Å². The third-order valence-electron chi connectivity index (χ3n) is 3.36. The summed E-state index contributed by atoms with van der Waals surface area (Å²) in [5, 5.41) is 3.60. The van der Waals surface area contributed by atoms with E-state index in [1.165, 1.54) is 5.56 Å². The lowest BCUT2D eigenvalue weighted by molar-refractivity contribution is 0.0694. The molecule has 1 N–H and O–H groups in total. The van der Waals surface area contributed by atoms with Gasteiger partial charge in [0.1, 0.15) is 6.10 Å². The molecule has 0 saturated heterocycles. The van der Waals surface area contributed by atoms with Crippen LogP contribution in [0.4, 0.5) is 0 Å². The van der Waals surface area contributed by atoms with Crippen molar-refractivity contribution in [2.75, 3.05) is 0 Å². The van der Waals surface area contributed by atoms with Crippen LogP contribution in [0.3, 0.4) is 0 Å². The molecule has 3 nitrogen and oxygen atoms in total. The Kier molecular flexibility index (Phi) is 4.46. The molecular formula is C16H26N2O. The van der Waals surface area contributed by atoms with Crippen LogP contribution in [-0.4, -0.2) is 22.7 Å². The molecule has 3 heteroatoms. The Bertz CT molecular complexity index is 388. The molecule has 1 aromatic heterocycles. The van der Waals surface area contributed by atoms with Gasteiger partial charge in [-0.05, 0) is 45.6 Å². The minimum absolute atomic E-state index is 0.190. The average Bonchev–Trinajstić information content (AvgIpc) is 2.27. The molecule has 0 aliphatic heterocycles. The van der Waals surface area contributed by atoms with Gasteiger partial charge in [-0.15, -0.1) is 0 Å². The number of ether oxygens (including phenoxy) is 1. The topological polar surface area (TPSA) is 34.1 Å². The number of aryl methyl sites for hydroxylation is 1. The first-order valence-corrected chi connectivity index (χ1v) is 7.35. The highest BCUT2D eigenvalue weighted by molar-refractivity contribution is 5.18. The van der Waals surface area contributed by atoms with Crippen LogP contribution in [0.25, 0.3) is 0 Å². The van der Waals surface area contributed by atoms with Crippen molar-refractivity contribution in [1.29, 1.82) is 0 Å². The maximum Gasteiger partial charge on any atom is 0.213 e. The van der Waals surface area contributed by atoms with E-state index in [0.717, 1.165) is 31.6 Å². The smallest absolute Gasteiger partial charge is 0.213 e. The van der Waals surface area contributed by atoms with Gasteiger partial charge in [0.05, 0.1) is 0 Å². The van der Waals surface area contributed by atoms with Gasteiger partial charge in [-0.25, -0.2) is 4.98 Å². The standard InChI is InChI=1S/C16H26N2O/c1-5-6-12-7-8-15(17-11-12)19-14-9-13(10-14)18-16(2,3)4/h7-8,11,13-14,18H,5-6,9-10H2,1-4H3. The maximum atomic E-state index is 5.88. The largest absolute Gasteiger partial charge is 0.474 e. The SMILES string of the molecule is CCCc1ccc(OC2CC(NC(C)(C)C)C2)nc1. The van der Waals surface area contributed by atoms with E-state index in [1.54, 1.807) is 0 Å². The fraction of sp³-hybridized carbons (Fsp3) is 0.688. The first-order valence-electron chi connectivity index (χ1n) is 7.35. The van der Waals surface area contributed by atoms with Gasteiger partial charge in [-0.3, -0.25) is 0 Å². The van der Waals surface area contributed by atoms with Crippen molar-refractivity contribution in [2.24, 2.45) is 0 Å². The van der Waals surface area contributed by atoms with Gasteiger partial charge in [-0.2, -0.15) is 0 Å². The highest BCUT2D eigenvalue weighted by Crippen LogP contribution is 2.26. The molecule has 1 aliphatic carbocycles. The van der Waals surface area contributed by atoms with Crippen molar-refractivity contribution in [3.8, 4) is 5.88 Å². The van der Waals surface area contributed by atoms with Gasteiger partial charge >= 0.3 is 0 Å². The van der Waals surface area contributed by atoms with Gasteiger partial charge < -0.3 is 10.1 Å². The zero-order chi connectivity index (χ0) is 13.9. The van der Waals surface area contributed by atoms with E-state index in [-0.39, 0.29) is 5.54 Å². The van der Waals surface area contributed by atoms with Crippen molar-refractivity contribution in [3.05, 3.63) is 23.9 Å². The number of aromatic nitrogens is 1. The van der Waals surface area contributed by atoms with E-state index >= 15 is 0 Å². The predicted octanol–water partition coefficient (Wildman–Crippen LogP) is 3.33. The second kappa shape index (κ2) is 5.91. The molecule has 1 aliphatic rings. The summed E-state index contributed by atoms with van der Waals surface area (Å²) in [5.41, 5.74) is 1.48. The minimum atomic E-state index is 0.190. The Labute approximate surface area is 116 Å². The lowest BCUT2D eigenvalue weighted by atomic mass is 9.87. The average molecular weight is 262 g/mol. The Morgan fingerprint density at radius 2 is 2.05 bits per heavy atom. The van der Waals surface area contributed by atoms with Crippen LogP contribution >= 0.6 is 0 Å². The molecule has 0 amide bonds. The van der Waals surface area contributed by atoms with Crippen LogP contribution in [0.5, 0.6) is 5.88 Å². The number of hydrogen-bond acceptors (Lipinski definition) is 3. The summed E-state index contributed by atoms with van der Waals surface area (Å²) in [6, 6.07) is 4.70. The lowest BCUT2D eigenvalue weighted by Gasteiger charge is -2.39. The second-order valence-corrected chi connectivity index (χ2v) is 6.56. The third-order valence-corrected chi connectivity index (χ3v) is 3.36. The van der Waals surface area contributed by atoms with Gasteiger partial charge in [-0.1, -0.05) is 19.4 Å². The molecule has 2 rings (SSSR count). The van der Waals surface area contributed by atoms with Crippen LogP contribution in [0.15, 0.2) is 18.3 Å². The summed E-state index contributed by atoms with van der Waals surface area (Å²) in [7, 11) is 0. The van der Waals surface area contributed by atoms with E-state index in [1.807, 2.05) is 12.3 Å². The Hall–Kier alpha value is -1.09. The fourth-order valence-electron chi connectivity index (χ4n) is 2.48. The lowest BCUT2D eigenvalue weighted by Crippen LogP contribution is -2.53. The Balaban J connectivity index is 1.75. The van der Waals surface area contributed by atoms with Gasteiger partial charge in [0, 0.05) is 23.8 Å². The van der Waals surface area contributed by atoms with Crippen LogP contribution in [0, 0.1) is 0 Å². The summed E-state index contributed by atoms with van der Waals surface area (Å²) < 4.78 is 5.88. The van der Waals surface area contributed by atoms with Crippen molar-refractivity contribution in [1.82, 2.24) is 10.3 Å². The third kappa shape index (κ3) is 4.50. The van der Waals surface area contributed by atoms with Crippen molar-refractivity contribution in [2.45, 2.75) is 71.1 Å². The number of nitrogens with one attached hydrogen (secondary N) is 1. The quantitative estimate of drug-likeness (QED) is 0.883. The van der Waals surface area contributed by atoms with E-state index in [4.69, 9.17) is 4.74 Å². The van der Waals surface area contributed by atoms with Gasteiger partial charge in [0.15, 0.2) is 0 Å². The van der Waals surface area contributed by atoms with Crippen LogP contribution in [0.1, 0.15) is 52.5 Å². The van der Waals surface area contributed by atoms with E-state index in [0.29, 0.717) is 12.1 Å². The van der Waals surface area contributed by atoms with Gasteiger partial charge in [0.25, 0.3) is 0 Å². The predicted molar refractivity (Wildman–Crippen MR) is 78.6 cm³/mol. The molecule has 0 spiro atoms. The number of pyridine rings is 1. The molecular weight excluding hydrogens is 236 g/mol. The zero-order valence-electron chi connectivity index (χ0n) is 12.6.